The van der Waals surface area contributed by atoms with Crippen molar-refractivity contribution in [3.8, 4) is 0 Å². The Labute approximate surface area is 126 Å². The van der Waals surface area contributed by atoms with E-state index in [1.807, 2.05) is 12.1 Å². The largest absolute Gasteiger partial charge is 0.393 e. The van der Waals surface area contributed by atoms with Crippen LogP contribution >= 0.6 is 23.8 Å². The Bertz CT molecular complexity index is 645. The molecule has 1 aromatic carbocycles. The van der Waals surface area contributed by atoms with Crippen LogP contribution in [0.1, 0.15) is 24.7 Å². The van der Waals surface area contributed by atoms with Gasteiger partial charge < -0.3 is 5.11 Å². The number of hydrogen-bond donors (Lipinski definition) is 2. The number of aromatic nitrogens is 3. The summed E-state index contributed by atoms with van der Waals surface area (Å²) < 4.78 is 1.99. The molecule has 1 atom stereocenters. The number of nitrogens with one attached hydrogen (secondary N) is 1. The fraction of sp³-hybridized carbons (Fsp3) is 0.308. The summed E-state index contributed by atoms with van der Waals surface area (Å²) in [6.45, 7) is 1.74. The second kappa shape index (κ2) is 6.78. The van der Waals surface area contributed by atoms with Gasteiger partial charge in [-0.3, -0.25) is 5.10 Å². The van der Waals surface area contributed by atoms with Gasteiger partial charge in [-0.15, -0.1) is 0 Å². The summed E-state index contributed by atoms with van der Waals surface area (Å²) in [6.07, 6.45) is 2.51. The molecule has 0 spiro atoms. The number of aromatic amines is 1. The number of benzene rings is 1. The van der Waals surface area contributed by atoms with Gasteiger partial charge in [-0.05, 0) is 43.3 Å². The lowest BCUT2D eigenvalue weighted by molar-refractivity contribution is 0.184. The van der Waals surface area contributed by atoms with Gasteiger partial charge in [0.15, 0.2) is 5.82 Å². The van der Waals surface area contributed by atoms with E-state index in [-0.39, 0.29) is 6.10 Å². The molecule has 0 fully saturated rings. The fourth-order valence-corrected chi connectivity index (χ4v) is 1.94. The molecule has 2 N–H and O–H groups in total. The van der Waals surface area contributed by atoms with Crippen molar-refractivity contribution in [1.82, 2.24) is 14.9 Å². The van der Waals surface area contributed by atoms with E-state index in [9.17, 15) is 5.11 Å². The first-order chi connectivity index (χ1) is 9.56. The Morgan fingerprint density at radius 2 is 2.20 bits per heavy atom. The maximum absolute atomic E-state index is 9.32. The van der Waals surface area contributed by atoms with Gasteiger partial charge in [-0.1, -0.05) is 23.7 Å². The number of aryl methyl sites for hydroxylation is 1. The Morgan fingerprint density at radius 1 is 1.50 bits per heavy atom. The van der Waals surface area contributed by atoms with Crippen LogP contribution in [0.5, 0.6) is 0 Å². The standard InChI is InChI=1S/C13H15ClN4OS/c1-9(19)2-7-12-16-17-13(20)18(12)15-8-10-3-5-11(14)6-4-10/h3-6,8-9,19H,2,7H2,1H3,(H,17,20)/b15-8+. The van der Waals surface area contributed by atoms with E-state index in [2.05, 4.69) is 15.3 Å². The number of rotatable bonds is 5. The summed E-state index contributed by atoms with van der Waals surface area (Å²) >= 11 is 11.0. The second-order valence-electron chi connectivity index (χ2n) is 4.44. The zero-order chi connectivity index (χ0) is 14.5. The SMILES string of the molecule is CC(O)CCc1n[nH]c(=S)n1/N=C/c1ccc(Cl)cc1. The maximum atomic E-state index is 9.32. The van der Waals surface area contributed by atoms with E-state index in [0.717, 1.165) is 5.56 Å². The highest BCUT2D eigenvalue weighted by Gasteiger charge is 2.06. The van der Waals surface area contributed by atoms with Gasteiger partial charge in [-0.2, -0.15) is 14.9 Å². The van der Waals surface area contributed by atoms with Gasteiger partial charge in [0.05, 0.1) is 12.3 Å². The maximum Gasteiger partial charge on any atom is 0.216 e. The zero-order valence-electron chi connectivity index (χ0n) is 11.0. The van der Waals surface area contributed by atoms with Crippen LogP contribution in [-0.2, 0) is 6.42 Å². The molecule has 0 radical (unpaired) electrons. The molecular weight excluding hydrogens is 296 g/mol. The molecule has 0 aliphatic heterocycles. The van der Waals surface area contributed by atoms with Crippen LogP contribution in [0.15, 0.2) is 29.4 Å². The molecule has 0 aliphatic rings. The van der Waals surface area contributed by atoms with Gasteiger partial charge in [0, 0.05) is 11.4 Å². The third kappa shape index (κ3) is 4.00. The van der Waals surface area contributed by atoms with E-state index in [1.54, 1.807) is 29.9 Å². The number of H-pyrrole nitrogens is 1. The predicted octanol–water partition coefficient (Wildman–Crippen LogP) is 2.79. The average Bonchev–Trinajstić information content (AvgIpc) is 2.76. The number of hydrogen-bond acceptors (Lipinski definition) is 4. The van der Waals surface area contributed by atoms with Crippen LogP contribution < -0.4 is 0 Å². The lowest BCUT2D eigenvalue weighted by atomic mass is 10.2. The first-order valence-corrected chi connectivity index (χ1v) is 6.99. The van der Waals surface area contributed by atoms with Crippen LogP contribution in [0, 0.1) is 4.77 Å². The summed E-state index contributed by atoms with van der Waals surface area (Å²) in [5.41, 5.74) is 0.916. The highest BCUT2D eigenvalue weighted by atomic mass is 35.5. The van der Waals surface area contributed by atoms with E-state index in [4.69, 9.17) is 23.8 Å². The Hall–Kier alpha value is -1.50. The van der Waals surface area contributed by atoms with E-state index < -0.39 is 0 Å². The van der Waals surface area contributed by atoms with E-state index >= 15 is 0 Å². The summed E-state index contributed by atoms with van der Waals surface area (Å²) in [5, 5.41) is 21.1. The summed E-state index contributed by atoms with van der Waals surface area (Å²) in [6, 6.07) is 7.33. The lowest BCUT2D eigenvalue weighted by Gasteiger charge is -2.03. The van der Waals surface area contributed by atoms with Gasteiger partial charge in [0.2, 0.25) is 4.77 Å². The van der Waals surface area contributed by atoms with Gasteiger partial charge in [0.1, 0.15) is 0 Å². The quantitative estimate of drug-likeness (QED) is 0.659. The number of aliphatic hydroxyl groups excluding tert-OH is 1. The van der Waals surface area contributed by atoms with Crippen molar-refractivity contribution < 1.29 is 5.11 Å². The number of halogens is 1. The van der Waals surface area contributed by atoms with Gasteiger partial charge in [-0.25, -0.2) is 0 Å². The molecule has 7 heteroatoms. The topological polar surface area (TPSA) is 66.2 Å². The van der Waals surface area contributed by atoms with Gasteiger partial charge >= 0.3 is 0 Å². The molecule has 0 saturated heterocycles. The molecule has 20 heavy (non-hydrogen) atoms. The van der Waals surface area contributed by atoms with Crippen LogP contribution in [0.2, 0.25) is 5.02 Å². The molecule has 0 aliphatic carbocycles. The molecule has 0 amide bonds. The smallest absolute Gasteiger partial charge is 0.216 e. The second-order valence-corrected chi connectivity index (χ2v) is 5.26. The number of aliphatic hydroxyl groups is 1. The highest BCUT2D eigenvalue weighted by Crippen LogP contribution is 2.08. The highest BCUT2D eigenvalue weighted by molar-refractivity contribution is 7.71. The molecular formula is C13H15ClN4OS. The van der Waals surface area contributed by atoms with E-state index in [0.29, 0.717) is 28.5 Å². The van der Waals surface area contributed by atoms with Crippen molar-refractivity contribution in [3.05, 3.63) is 45.4 Å². The van der Waals surface area contributed by atoms with Crippen molar-refractivity contribution in [1.29, 1.82) is 0 Å². The van der Waals surface area contributed by atoms with Crippen LogP contribution in [0.4, 0.5) is 0 Å². The molecule has 0 saturated carbocycles. The normalized spacial score (nSPS) is 12.9. The van der Waals surface area contributed by atoms with Crippen molar-refractivity contribution in [2.24, 2.45) is 5.10 Å². The third-order valence-electron chi connectivity index (χ3n) is 2.70. The predicted molar refractivity (Wildman–Crippen MR) is 81.9 cm³/mol. The minimum absolute atomic E-state index is 0.381. The molecule has 2 rings (SSSR count). The van der Waals surface area contributed by atoms with E-state index in [1.165, 1.54) is 0 Å². The fourth-order valence-electron chi connectivity index (χ4n) is 1.62. The monoisotopic (exact) mass is 310 g/mol. The van der Waals surface area contributed by atoms with Crippen LogP contribution in [-0.4, -0.2) is 32.3 Å². The first kappa shape index (κ1) is 14.9. The van der Waals surface area contributed by atoms with Crippen LogP contribution in [0.25, 0.3) is 0 Å². The summed E-state index contributed by atoms with van der Waals surface area (Å²) in [5.74, 6) is 0.695. The molecule has 1 unspecified atom stereocenters. The molecule has 2 aromatic rings. The van der Waals surface area contributed by atoms with Crippen molar-refractivity contribution in [2.75, 3.05) is 0 Å². The first-order valence-electron chi connectivity index (χ1n) is 6.20. The molecule has 5 nitrogen and oxygen atoms in total. The molecule has 106 valence electrons. The lowest BCUT2D eigenvalue weighted by Crippen LogP contribution is -2.05. The minimum Gasteiger partial charge on any atom is -0.393 e. The number of nitrogens with zero attached hydrogens (tertiary/aromatic N) is 3. The van der Waals surface area contributed by atoms with Crippen LogP contribution in [0.3, 0.4) is 0 Å². The zero-order valence-corrected chi connectivity index (χ0v) is 12.5. The Morgan fingerprint density at radius 3 is 2.85 bits per heavy atom. The van der Waals surface area contributed by atoms with Gasteiger partial charge in [0.25, 0.3) is 0 Å². The molecule has 0 bridgehead atoms. The van der Waals surface area contributed by atoms with Crippen molar-refractivity contribution in [3.63, 3.8) is 0 Å². The third-order valence-corrected chi connectivity index (χ3v) is 3.21. The van der Waals surface area contributed by atoms with Crippen molar-refractivity contribution in [2.45, 2.75) is 25.9 Å². The summed E-state index contributed by atoms with van der Waals surface area (Å²) in [4.78, 5) is 0. The molecule has 1 aromatic heterocycles. The molecule has 1 heterocycles. The summed E-state index contributed by atoms with van der Waals surface area (Å²) in [7, 11) is 0. The Balaban J connectivity index is 2.18. The minimum atomic E-state index is -0.381. The Kier molecular flexibility index (Phi) is 5.05. The van der Waals surface area contributed by atoms with Crippen molar-refractivity contribution >= 4 is 30.0 Å². The average molecular weight is 311 g/mol.